The summed E-state index contributed by atoms with van der Waals surface area (Å²) in [4.78, 5) is 16.5. The lowest BCUT2D eigenvalue weighted by atomic mass is 9.99. The fourth-order valence-corrected chi connectivity index (χ4v) is 3.73. The summed E-state index contributed by atoms with van der Waals surface area (Å²) in [6, 6.07) is 17.6. The van der Waals surface area contributed by atoms with Crippen LogP contribution in [0.3, 0.4) is 0 Å². The van der Waals surface area contributed by atoms with Gasteiger partial charge in [0.15, 0.2) is 0 Å². The molecule has 1 heterocycles. The third-order valence-electron chi connectivity index (χ3n) is 5.37. The number of hydrogen-bond acceptors (Lipinski definition) is 3. The van der Waals surface area contributed by atoms with E-state index in [9.17, 15) is 4.79 Å². The van der Waals surface area contributed by atoms with Gasteiger partial charge in [0, 0.05) is 32.7 Å². The molecule has 1 fully saturated rings. The van der Waals surface area contributed by atoms with Crippen LogP contribution in [0.5, 0.6) is 0 Å². The highest BCUT2D eigenvalue weighted by Crippen LogP contribution is 2.16. The molecule has 0 spiro atoms. The molecule has 0 bridgehead atoms. The fraction of sp³-hybridized carbons (Fsp3) is 0.480. The van der Waals surface area contributed by atoms with Gasteiger partial charge in [-0.2, -0.15) is 0 Å². The van der Waals surface area contributed by atoms with E-state index < -0.39 is 5.60 Å². The van der Waals surface area contributed by atoms with Crippen molar-refractivity contribution in [2.45, 2.75) is 52.7 Å². The Labute approximate surface area is 175 Å². The number of benzene rings is 2. The van der Waals surface area contributed by atoms with Crippen LogP contribution in [0.2, 0.25) is 0 Å². The molecule has 0 saturated carbocycles. The van der Waals surface area contributed by atoms with Gasteiger partial charge < -0.3 is 9.64 Å². The van der Waals surface area contributed by atoms with Crippen molar-refractivity contribution in [3.63, 3.8) is 0 Å². The first kappa shape index (κ1) is 21.4. The maximum absolute atomic E-state index is 12.2. The summed E-state index contributed by atoms with van der Waals surface area (Å²) >= 11 is 0. The summed E-state index contributed by atoms with van der Waals surface area (Å²) in [5, 5.41) is 0. The quantitative estimate of drug-likeness (QED) is 0.728. The largest absolute Gasteiger partial charge is 0.444 e. The lowest BCUT2D eigenvalue weighted by molar-refractivity contribution is 0.0139. The van der Waals surface area contributed by atoms with Crippen LogP contribution in [0.25, 0.3) is 0 Å². The zero-order chi connectivity index (χ0) is 20.9. The molecule has 156 valence electrons. The molecule has 4 heteroatoms. The fourth-order valence-electron chi connectivity index (χ4n) is 3.73. The maximum atomic E-state index is 12.2. The van der Waals surface area contributed by atoms with Crippen LogP contribution < -0.4 is 0 Å². The van der Waals surface area contributed by atoms with Gasteiger partial charge in [0.1, 0.15) is 5.60 Å². The van der Waals surface area contributed by atoms with E-state index in [2.05, 4.69) is 60.4 Å². The van der Waals surface area contributed by atoms with Crippen LogP contribution in [0.15, 0.2) is 48.5 Å². The third kappa shape index (κ3) is 6.60. The van der Waals surface area contributed by atoms with Crippen LogP contribution >= 0.6 is 0 Å². The molecule has 2 aromatic carbocycles. The lowest BCUT2D eigenvalue weighted by Crippen LogP contribution is -2.49. The number of aryl methyl sites for hydroxylation is 3. The summed E-state index contributed by atoms with van der Waals surface area (Å²) in [7, 11) is 0. The van der Waals surface area contributed by atoms with Gasteiger partial charge in [-0.15, -0.1) is 0 Å². The SMILES string of the molecule is Cc1ccccc1CCc1cccc(CN2CCN(C(=O)OC(C)(C)C)CC2)c1. The zero-order valence-electron chi connectivity index (χ0n) is 18.3. The van der Waals surface area contributed by atoms with Crippen molar-refractivity contribution >= 4 is 6.09 Å². The Kier molecular flexibility index (Phi) is 6.96. The molecule has 0 atom stereocenters. The molecule has 1 amide bonds. The molecule has 1 saturated heterocycles. The van der Waals surface area contributed by atoms with E-state index in [4.69, 9.17) is 4.74 Å². The van der Waals surface area contributed by atoms with Gasteiger partial charge in [0.05, 0.1) is 0 Å². The molecular weight excluding hydrogens is 360 g/mol. The van der Waals surface area contributed by atoms with E-state index >= 15 is 0 Å². The molecular formula is C25H34N2O2. The van der Waals surface area contributed by atoms with Crippen molar-refractivity contribution in [1.29, 1.82) is 0 Å². The first-order valence-electron chi connectivity index (χ1n) is 10.6. The molecule has 0 unspecified atom stereocenters. The molecule has 0 N–H and O–H groups in total. The minimum absolute atomic E-state index is 0.199. The van der Waals surface area contributed by atoms with Gasteiger partial charge in [-0.25, -0.2) is 4.79 Å². The van der Waals surface area contributed by atoms with Crippen molar-refractivity contribution in [2.75, 3.05) is 26.2 Å². The van der Waals surface area contributed by atoms with Crippen molar-refractivity contribution in [1.82, 2.24) is 9.80 Å². The first-order valence-corrected chi connectivity index (χ1v) is 10.6. The van der Waals surface area contributed by atoms with Crippen molar-refractivity contribution in [3.05, 3.63) is 70.8 Å². The van der Waals surface area contributed by atoms with Crippen LogP contribution in [0, 0.1) is 6.92 Å². The number of rotatable bonds is 5. The number of piperazine rings is 1. The van der Waals surface area contributed by atoms with Crippen LogP contribution in [-0.4, -0.2) is 47.7 Å². The molecule has 29 heavy (non-hydrogen) atoms. The predicted molar refractivity (Wildman–Crippen MR) is 118 cm³/mol. The van der Waals surface area contributed by atoms with Gasteiger partial charge in [0.2, 0.25) is 0 Å². The van der Waals surface area contributed by atoms with E-state index in [0.717, 1.165) is 45.6 Å². The van der Waals surface area contributed by atoms with Gasteiger partial charge in [0.25, 0.3) is 0 Å². The van der Waals surface area contributed by atoms with Crippen LogP contribution in [0.1, 0.15) is 43.0 Å². The van der Waals surface area contributed by atoms with Crippen molar-refractivity contribution in [3.8, 4) is 0 Å². The second kappa shape index (κ2) is 9.45. The molecule has 0 aromatic heterocycles. The highest BCUT2D eigenvalue weighted by Gasteiger charge is 2.25. The second-order valence-corrected chi connectivity index (χ2v) is 8.99. The molecule has 1 aliphatic rings. The van der Waals surface area contributed by atoms with E-state index in [-0.39, 0.29) is 6.09 Å². The Balaban J connectivity index is 1.50. The molecule has 4 nitrogen and oxygen atoms in total. The molecule has 2 aromatic rings. The summed E-state index contributed by atoms with van der Waals surface area (Å²) in [5.41, 5.74) is 5.09. The molecule has 1 aliphatic heterocycles. The number of ether oxygens (including phenoxy) is 1. The summed E-state index contributed by atoms with van der Waals surface area (Å²) < 4.78 is 5.49. The van der Waals surface area contributed by atoms with Gasteiger partial charge in [-0.05, 0) is 62.8 Å². The van der Waals surface area contributed by atoms with Gasteiger partial charge >= 0.3 is 6.09 Å². The smallest absolute Gasteiger partial charge is 0.410 e. The minimum Gasteiger partial charge on any atom is -0.444 e. The van der Waals surface area contributed by atoms with Gasteiger partial charge in [-0.3, -0.25) is 4.90 Å². The minimum atomic E-state index is -0.438. The number of carbonyl (C=O) groups excluding carboxylic acids is 1. The number of nitrogens with zero attached hydrogens (tertiary/aromatic N) is 2. The first-order chi connectivity index (χ1) is 13.8. The average molecular weight is 395 g/mol. The highest BCUT2D eigenvalue weighted by atomic mass is 16.6. The Bertz CT molecular complexity index is 818. The molecule has 0 aliphatic carbocycles. The van der Waals surface area contributed by atoms with Crippen LogP contribution in [-0.2, 0) is 24.1 Å². The standard InChI is InChI=1S/C25H34N2O2/c1-20-8-5-6-11-23(20)13-12-21-9-7-10-22(18-21)19-26-14-16-27(17-15-26)24(28)29-25(2,3)4/h5-11,18H,12-17,19H2,1-4H3. The van der Waals surface area contributed by atoms with Gasteiger partial charge in [-0.1, -0.05) is 48.5 Å². The maximum Gasteiger partial charge on any atom is 0.410 e. The summed E-state index contributed by atoms with van der Waals surface area (Å²) in [5.74, 6) is 0. The average Bonchev–Trinajstić information content (AvgIpc) is 2.67. The molecule has 3 rings (SSSR count). The van der Waals surface area contributed by atoms with E-state index in [1.165, 1.54) is 22.3 Å². The number of amides is 1. The Morgan fingerprint density at radius 1 is 0.931 bits per heavy atom. The zero-order valence-corrected chi connectivity index (χ0v) is 18.3. The summed E-state index contributed by atoms with van der Waals surface area (Å²) in [6.07, 6.45) is 1.94. The highest BCUT2D eigenvalue weighted by molar-refractivity contribution is 5.68. The van der Waals surface area contributed by atoms with E-state index in [1.54, 1.807) is 0 Å². The Morgan fingerprint density at radius 2 is 1.62 bits per heavy atom. The monoisotopic (exact) mass is 394 g/mol. The second-order valence-electron chi connectivity index (χ2n) is 8.99. The lowest BCUT2D eigenvalue weighted by Gasteiger charge is -2.35. The van der Waals surface area contributed by atoms with E-state index in [1.807, 2.05) is 25.7 Å². The van der Waals surface area contributed by atoms with Crippen molar-refractivity contribution in [2.24, 2.45) is 0 Å². The Hall–Kier alpha value is -2.33. The van der Waals surface area contributed by atoms with Crippen molar-refractivity contribution < 1.29 is 9.53 Å². The number of carbonyl (C=O) groups is 1. The number of hydrogen-bond donors (Lipinski definition) is 0. The van der Waals surface area contributed by atoms with E-state index in [0.29, 0.717) is 0 Å². The normalized spacial score (nSPS) is 15.4. The summed E-state index contributed by atoms with van der Waals surface area (Å²) in [6.45, 7) is 12.1. The topological polar surface area (TPSA) is 32.8 Å². The predicted octanol–water partition coefficient (Wildman–Crippen LogP) is 4.83. The van der Waals surface area contributed by atoms with Crippen LogP contribution in [0.4, 0.5) is 4.79 Å². The molecule has 0 radical (unpaired) electrons. The third-order valence-corrected chi connectivity index (χ3v) is 5.37. The Morgan fingerprint density at radius 3 is 2.31 bits per heavy atom.